The molecule has 0 spiro atoms. The van der Waals surface area contributed by atoms with Crippen molar-refractivity contribution in [1.82, 2.24) is 5.32 Å². The van der Waals surface area contributed by atoms with Crippen molar-refractivity contribution in [1.29, 1.82) is 0 Å². The second kappa shape index (κ2) is 5.27. The molecule has 3 nitrogen and oxygen atoms in total. The van der Waals surface area contributed by atoms with Crippen LogP contribution in [0.5, 0.6) is 0 Å². The zero-order chi connectivity index (χ0) is 13.1. The molecular formula is C13H19FN2O. The second-order valence-corrected chi connectivity index (χ2v) is 4.87. The van der Waals surface area contributed by atoms with Gasteiger partial charge in [0.25, 0.3) is 0 Å². The Hall–Kier alpha value is -1.42. The van der Waals surface area contributed by atoms with Gasteiger partial charge in [-0.2, -0.15) is 0 Å². The molecule has 17 heavy (non-hydrogen) atoms. The van der Waals surface area contributed by atoms with Crippen LogP contribution in [0.25, 0.3) is 0 Å². The summed E-state index contributed by atoms with van der Waals surface area (Å²) in [5.41, 5.74) is 5.41. The lowest BCUT2D eigenvalue weighted by Gasteiger charge is -2.27. The van der Waals surface area contributed by atoms with Crippen LogP contribution in [0.1, 0.15) is 26.3 Å². The van der Waals surface area contributed by atoms with Crippen molar-refractivity contribution in [3.63, 3.8) is 0 Å². The van der Waals surface area contributed by atoms with Crippen LogP contribution in [0, 0.1) is 5.82 Å². The summed E-state index contributed by atoms with van der Waals surface area (Å²) in [5, 5.41) is 3.13. The molecular weight excluding hydrogens is 219 g/mol. The average molecular weight is 238 g/mol. The van der Waals surface area contributed by atoms with Crippen molar-refractivity contribution in [3.05, 3.63) is 35.6 Å². The van der Waals surface area contributed by atoms with Gasteiger partial charge in [0, 0.05) is 6.04 Å². The summed E-state index contributed by atoms with van der Waals surface area (Å²) in [4.78, 5) is 11.2. The van der Waals surface area contributed by atoms with Gasteiger partial charge < -0.3 is 11.1 Å². The number of nitrogens with one attached hydrogen (secondary N) is 1. The smallest absolute Gasteiger partial charge is 0.237 e. The predicted octanol–water partition coefficient (Wildman–Crippen LogP) is 1.61. The van der Waals surface area contributed by atoms with E-state index in [-0.39, 0.29) is 11.9 Å². The maximum atomic E-state index is 13.0. The first-order valence-electron chi connectivity index (χ1n) is 5.63. The third-order valence-corrected chi connectivity index (χ3v) is 2.65. The number of hydrogen-bond donors (Lipinski definition) is 2. The molecule has 1 amide bonds. The van der Waals surface area contributed by atoms with Crippen LogP contribution in [0.3, 0.4) is 0 Å². The van der Waals surface area contributed by atoms with Crippen molar-refractivity contribution < 1.29 is 9.18 Å². The van der Waals surface area contributed by atoms with Gasteiger partial charge in [-0.25, -0.2) is 4.39 Å². The van der Waals surface area contributed by atoms with Crippen molar-refractivity contribution in [2.24, 2.45) is 5.73 Å². The summed E-state index contributed by atoms with van der Waals surface area (Å²) in [7, 11) is 0. The quantitative estimate of drug-likeness (QED) is 0.818. The van der Waals surface area contributed by atoms with Crippen LogP contribution in [0.15, 0.2) is 24.3 Å². The minimum Gasteiger partial charge on any atom is -0.368 e. The van der Waals surface area contributed by atoms with Crippen LogP contribution in [0.2, 0.25) is 0 Å². The Morgan fingerprint density at radius 3 is 2.71 bits per heavy atom. The monoisotopic (exact) mass is 238 g/mol. The van der Waals surface area contributed by atoms with E-state index in [4.69, 9.17) is 5.73 Å². The molecule has 0 aliphatic heterocycles. The van der Waals surface area contributed by atoms with Crippen LogP contribution < -0.4 is 11.1 Å². The van der Waals surface area contributed by atoms with Gasteiger partial charge in [0.2, 0.25) is 5.91 Å². The van der Waals surface area contributed by atoms with Crippen LogP contribution >= 0.6 is 0 Å². The number of carbonyl (C=O) groups excluding carboxylic acids is 1. The first-order valence-corrected chi connectivity index (χ1v) is 5.63. The molecule has 1 aromatic rings. The molecule has 0 bridgehead atoms. The zero-order valence-corrected chi connectivity index (χ0v) is 10.5. The molecule has 94 valence electrons. The lowest BCUT2D eigenvalue weighted by Crippen LogP contribution is -2.54. The molecule has 1 unspecified atom stereocenters. The average Bonchev–Trinajstić information content (AvgIpc) is 2.15. The zero-order valence-electron chi connectivity index (χ0n) is 10.5. The van der Waals surface area contributed by atoms with E-state index in [0.717, 1.165) is 5.56 Å². The third kappa shape index (κ3) is 4.15. The summed E-state index contributed by atoms with van der Waals surface area (Å²) >= 11 is 0. The molecule has 0 aliphatic carbocycles. The molecule has 0 fully saturated rings. The maximum absolute atomic E-state index is 13.0. The number of amides is 1. The van der Waals surface area contributed by atoms with E-state index in [1.807, 2.05) is 13.0 Å². The van der Waals surface area contributed by atoms with Gasteiger partial charge in [-0.05, 0) is 44.9 Å². The summed E-state index contributed by atoms with van der Waals surface area (Å²) in [6.07, 6.45) is 0.647. The van der Waals surface area contributed by atoms with Crippen LogP contribution in [-0.2, 0) is 11.2 Å². The largest absolute Gasteiger partial charge is 0.368 e. The van der Waals surface area contributed by atoms with E-state index >= 15 is 0 Å². The lowest BCUT2D eigenvalue weighted by atomic mass is 10.0. The highest BCUT2D eigenvalue weighted by molar-refractivity contribution is 5.83. The number of nitrogens with two attached hydrogens (primary N) is 1. The number of hydrogen-bond acceptors (Lipinski definition) is 2. The van der Waals surface area contributed by atoms with Gasteiger partial charge in [-0.3, -0.25) is 4.79 Å². The van der Waals surface area contributed by atoms with E-state index in [9.17, 15) is 9.18 Å². The van der Waals surface area contributed by atoms with Gasteiger partial charge in [0.05, 0.1) is 5.54 Å². The van der Waals surface area contributed by atoms with Crippen molar-refractivity contribution >= 4 is 5.91 Å². The first-order chi connectivity index (χ1) is 7.81. The first kappa shape index (κ1) is 13.6. The van der Waals surface area contributed by atoms with Crippen LogP contribution in [0.4, 0.5) is 4.39 Å². The van der Waals surface area contributed by atoms with E-state index in [2.05, 4.69) is 5.32 Å². The lowest BCUT2D eigenvalue weighted by molar-refractivity contribution is -0.123. The molecule has 3 N–H and O–H groups in total. The summed E-state index contributed by atoms with van der Waals surface area (Å²) in [6.45, 7) is 5.41. The summed E-state index contributed by atoms with van der Waals surface area (Å²) in [6, 6.07) is 6.48. The van der Waals surface area contributed by atoms with Gasteiger partial charge in [-0.1, -0.05) is 12.1 Å². The third-order valence-electron chi connectivity index (χ3n) is 2.65. The Morgan fingerprint density at radius 2 is 2.18 bits per heavy atom. The molecule has 0 saturated heterocycles. The minimum absolute atomic E-state index is 0.0410. The fourth-order valence-corrected chi connectivity index (χ4v) is 1.76. The van der Waals surface area contributed by atoms with E-state index in [1.54, 1.807) is 19.9 Å². The predicted molar refractivity (Wildman–Crippen MR) is 66.0 cm³/mol. The van der Waals surface area contributed by atoms with Gasteiger partial charge in [-0.15, -0.1) is 0 Å². The van der Waals surface area contributed by atoms with E-state index in [1.165, 1.54) is 12.1 Å². The Morgan fingerprint density at radius 1 is 1.53 bits per heavy atom. The number of benzene rings is 1. The van der Waals surface area contributed by atoms with Crippen molar-refractivity contribution in [2.75, 3.05) is 0 Å². The van der Waals surface area contributed by atoms with Crippen molar-refractivity contribution in [3.8, 4) is 0 Å². The van der Waals surface area contributed by atoms with E-state index in [0.29, 0.717) is 6.42 Å². The Balaban J connectivity index is 2.61. The Bertz CT molecular complexity index is 404. The fourth-order valence-electron chi connectivity index (χ4n) is 1.76. The normalized spacial score (nSPS) is 13.4. The van der Waals surface area contributed by atoms with E-state index < -0.39 is 11.4 Å². The number of rotatable bonds is 5. The minimum atomic E-state index is -0.757. The number of halogens is 1. The highest BCUT2D eigenvalue weighted by Crippen LogP contribution is 2.09. The molecule has 1 atom stereocenters. The fraction of sp³-hybridized carbons (Fsp3) is 0.462. The maximum Gasteiger partial charge on any atom is 0.237 e. The Kier molecular flexibility index (Phi) is 4.23. The highest BCUT2D eigenvalue weighted by atomic mass is 19.1. The van der Waals surface area contributed by atoms with Gasteiger partial charge >= 0.3 is 0 Å². The summed E-state index contributed by atoms with van der Waals surface area (Å²) in [5.74, 6) is -0.646. The molecule has 1 aromatic carbocycles. The van der Waals surface area contributed by atoms with Gasteiger partial charge in [0.15, 0.2) is 0 Å². The molecule has 1 rings (SSSR count). The summed E-state index contributed by atoms with van der Waals surface area (Å²) < 4.78 is 13.0. The van der Waals surface area contributed by atoms with Crippen molar-refractivity contribution in [2.45, 2.75) is 38.8 Å². The molecule has 0 saturated carbocycles. The molecule has 0 aliphatic rings. The molecule has 0 aromatic heterocycles. The molecule has 0 heterocycles. The van der Waals surface area contributed by atoms with Crippen LogP contribution in [-0.4, -0.2) is 17.5 Å². The topological polar surface area (TPSA) is 55.1 Å². The SMILES string of the molecule is CC(Cc1cccc(F)c1)NC(C)(C)C(N)=O. The molecule has 4 heteroatoms. The highest BCUT2D eigenvalue weighted by Gasteiger charge is 2.26. The number of primary amides is 1. The van der Waals surface area contributed by atoms with Gasteiger partial charge in [0.1, 0.15) is 5.82 Å². The molecule has 0 radical (unpaired) electrons. The standard InChI is InChI=1S/C13H19FN2O/c1-9(16-13(2,3)12(15)17)7-10-5-4-6-11(14)8-10/h4-6,8-9,16H,7H2,1-3H3,(H2,15,17). The second-order valence-electron chi connectivity index (χ2n) is 4.87. The Labute approximate surface area is 101 Å². The number of carbonyl (C=O) groups is 1.